The van der Waals surface area contributed by atoms with Crippen molar-refractivity contribution in [3.8, 4) is 5.69 Å². The van der Waals surface area contributed by atoms with Crippen molar-refractivity contribution >= 4 is 5.91 Å². The van der Waals surface area contributed by atoms with Crippen molar-refractivity contribution in [1.29, 1.82) is 0 Å². The lowest BCUT2D eigenvalue weighted by Crippen LogP contribution is -2.47. The fraction of sp³-hybridized carbons (Fsp3) is 0.474. The summed E-state index contributed by atoms with van der Waals surface area (Å²) in [5.74, 6) is 0.246. The molecule has 0 bridgehead atoms. The Balaban J connectivity index is 1.65. The van der Waals surface area contributed by atoms with Crippen LogP contribution in [0.15, 0.2) is 42.7 Å². The molecule has 0 atom stereocenters. The van der Waals surface area contributed by atoms with Gasteiger partial charge in [0.15, 0.2) is 0 Å². The van der Waals surface area contributed by atoms with Crippen molar-refractivity contribution < 1.29 is 4.79 Å². The third-order valence-corrected chi connectivity index (χ3v) is 4.59. The summed E-state index contributed by atoms with van der Waals surface area (Å²) in [6.07, 6.45) is 7.28. The summed E-state index contributed by atoms with van der Waals surface area (Å²) in [5, 5.41) is 7.60. The first-order valence-corrected chi connectivity index (χ1v) is 8.87. The Morgan fingerprint density at radius 2 is 2.04 bits per heavy atom. The minimum atomic E-state index is 0.246. The maximum atomic E-state index is 12.8. The Hall–Kier alpha value is -2.14. The smallest absolute Gasteiger partial charge is 0.227 e. The van der Waals surface area contributed by atoms with Crippen molar-refractivity contribution in [2.75, 3.05) is 19.6 Å². The average molecular weight is 326 g/mol. The molecule has 5 nitrogen and oxygen atoms in total. The van der Waals surface area contributed by atoms with Gasteiger partial charge >= 0.3 is 0 Å². The molecule has 24 heavy (non-hydrogen) atoms. The fourth-order valence-corrected chi connectivity index (χ4v) is 3.33. The van der Waals surface area contributed by atoms with E-state index in [4.69, 9.17) is 0 Å². The van der Waals surface area contributed by atoms with E-state index in [9.17, 15) is 4.79 Å². The summed E-state index contributed by atoms with van der Waals surface area (Å²) >= 11 is 0. The molecule has 0 spiro atoms. The first-order chi connectivity index (χ1) is 11.8. The third kappa shape index (κ3) is 4.03. The zero-order chi connectivity index (χ0) is 16.8. The number of piperidine rings is 1. The SMILES string of the molecule is CCCN(C(=O)Cc1ccc(-n2cccn2)cc1)C1CCNCC1. The molecule has 1 aliphatic heterocycles. The van der Waals surface area contributed by atoms with Crippen molar-refractivity contribution in [2.45, 2.75) is 38.6 Å². The van der Waals surface area contributed by atoms with Gasteiger partial charge in [-0.15, -0.1) is 0 Å². The molecule has 2 aromatic rings. The van der Waals surface area contributed by atoms with Gasteiger partial charge in [-0.1, -0.05) is 19.1 Å². The first kappa shape index (κ1) is 16.7. The summed E-state index contributed by atoms with van der Waals surface area (Å²) in [7, 11) is 0. The van der Waals surface area contributed by atoms with Crippen LogP contribution >= 0.6 is 0 Å². The number of hydrogen-bond acceptors (Lipinski definition) is 3. The van der Waals surface area contributed by atoms with Gasteiger partial charge in [-0.25, -0.2) is 4.68 Å². The van der Waals surface area contributed by atoms with Crippen LogP contribution in [0, 0.1) is 0 Å². The normalized spacial score (nSPS) is 15.4. The van der Waals surface area contributed by atoms with Gasteiger partial charge in [0, 0.05) is 25.0 Å². The van der Waals surface area contributed by atoms with Gasteiger partial charge in [0.1, 0.15) is 0 Å². The summed E-state index contributed by atoms with van der Waals surface area (Å²) in [6.45, 7) is 5.02. The van der Waals surface area contributed by atoms with Crippen molar-refractivity contribution in [3.05, 3.63) is 48.3 Å². The Kier molecular flexibility index (Phi) is 5.64. The number of nitrogens with zero attached hydrogens (tertiary/aromatic N) is 3. The van der Waals surface area contributed by atoms with Crippen LogP contribution in [0.2, 0.25) is 0 Å². The summed E-state index contributed by atoms with van der Waals surface area (Å²) in [4.78, 5) is 14.9. The molecule has 5 heteroatoms. The van der Waals surface area contributed by atoms with Gasteiger partial charge in [0.25, 0.3) is 0 Å². The lowest BCUT2D eigenvalue weighted by atomic mass is 10.0. The molecule has 1 fully saturated rings. The second kappa shape index (κ2) is 8.11. The molecule has 3 rings (SSSR count). The standard InChI is InChI=1S/C19H26N4O/c1-2-13-22(17-8-11-20-12-9-17)19(24)15-16-4-6-18(7-5-16)23-14-3-10-21-23/h3-7,10,14,17,20H,2,8-9,11-13,15H2,1H3. The first-order valence-electron chi connectivity index (χ1n) is 8.87. The zero-order valence-electron chi connectivity index (χ0n) is 14.3. The lowest BCUT2D eigenvalue weighted by molar-refractivity contribution is -0.133. The second-order valence-corrected chi connectivity index (χ2v) is 6.36. The molecular weight excluding hydrogens is 300 g/mol. The molecule has 1 N–H and O–H groups in total. The van der Waals surface area contributed by atoms with Crippen LogP contribution in [-0.4, -0.2) is 46.3 Å². The molecule has 2 heterocycles. The van der Waals surface area contributed by atoms with E-state index in [0.717, 1.165) is 50.1 Å². The Morgan fingerprint density at radius 3 is 2.67 bits per heavy atom. The van der Waals surface area contributed by atoms with Crippen LogP contribution in [0.5, 0.6) is 0 Å². The Labute approximate surface area is 143 Å². The lowest BCUT2D eigenvalue weighted by Gasteiger charge is -2.34. The molecule has 1 aromatic carbocycles. The number of nitrogens with one attached hydrogen (secondary N) is 1. The Bertz CT molecular complexity index is 630. The van der Waals surface area contributed by atoms with Crippen LogP contribution in [0.25, 0.3) is 5.69 Å². The number of aromatic nitrogens is 2. The van der Waals surface area contributed by atoms with E-state index >= 15 is 0 Å². The highest BCUT2D eigenvalue weighted by atomic mass is 16.2. The molecule has 0 unspecified atom stereocenters. The van der Waals surface area contributed by atoms with E-state index in [0.29, 0.717) is 12.5 Å². The van der Waals surface area contributed by atoms with E-state index in [-0.39, 0.29) is 5.91 Å². The van der Waals surface area contributed by atoms with Gasteiger partial charge in [0.05, 0.1) is 12.1 Å². The van der Waals surface area contributed by atoms with E-state index in [2.05, 4.69) is 22.2 Å². The predicted molar refractivity (Wildman–Crippen MR) is 95.2 cm³/mol. The maximum Gasteiger partial charge on any atom is 0.227 e. The van der Waals surface area contributed by atoms with Gasteiger partial charge < -0.3 is 10.2 Å². The molecule has 0 radical (unpaired) electrons. The van der Waals surface area contributed by atoms with E-state index in [1.54, 1.807) is 6.20 Å². The highest BCUT2D eigenvalue weighted by Crippen LogP contribution is 2.16. The molecule has 0 saturated carbocycles. The molecule has 1 amide bonds. The van der Waals surface area contributed by atoms with Crippen molar-refractivity contribution in [1.82, 2.24) is 20.0 Å². The van der Waals surface area contributed by atoms with Gasteiger partial charge in [-0.05, 0) is 56.1 Å². The molecular formula is C19H26N4O. The summed E-state index contributed by atoms with van der Waals surface area (Å²) in [5.41, 5.74) is 2.07. The molecule has 1 aromatic heterocycles. The summed E-state index contributed by atoms with van der Waals surface area (Å²) in [6, 6.07) is 10.4. The number of benzene rings is 1. The fourth-order valence-electron chi connectivity index (χ4n) is 3.33. The summed E-state index contributed by atoms with van der Waals surface area (Å²) < 4.78 is 1.82. The molecule has 128 valence electrons. The Morgan fingerprint density at radius 1 is 1.29 bits per heavy atom. The quantitative estimate of drug-likeness (QED) is 0.887. The predicted octanol–water partition coefficient (Wildman–Crippen LogP) is 2.41. The van der Waals surface area contributed by atoms with Gasteiger partial charge in [0.2, 0.25) is 5.91 Å². The topological polar surface area (TPSA) is 50.2 Å². The zero-order valence-corrected chi connectivity index (χ0v) is 14.3. The minimum Gasteiger partial charge on any atom is -0.339 e. The van der Waals surface area contributed by atoms with E-state index in [1.165, 1.54) is 0 Å². The van der Waals surface area contributed by atoms with Crippen LogP contribution < -0.4 is 5.32 Å². The second-order valence-electron chi connectivity index (χ2n) is 6.36. The molecule has 1 saturated heterocycles. The van der Waals surface area contributed by atoms with Crippen molar-refractivity contribution in [3.63, 3.8) is 0 Å². The minimum absolute atomic E-state index is 0.246. The van der Waals surface area contributed by atoms with Crippen molar-refractivity contribution in [2.24, 2.45) is 0 Å². The highest BCUT2D eigenvalue weighted by molar-refractivity contribution is 5.79. The number of amides is 1. The third-order valence-electron chi connectivity index (χ3n) is 4.59. The average Bonchev–Trinajstić information content (AvgIpc) is 3.15. The number of carbonyl (C=O) groups excluding carboxylic acids is 1. The van der Waals surface area contributed by atoms with E-state index in [1.807, 2.05) is 41.2 Å². The monoisotopic (exact) mass is 326 g/mol. The number of rotatable bonds is 6. The van der Waals surface area contributed by atoms with Crippen LogP contribution in [0.4, 0.5) is 0 Å². The number of hydrogen-bond donors (Lipinski definition) is 1. The van der Waals surface area contributed by atoms with Gasteiger partial charge in [-0.3, -0.25) is 4.79 Å². The van der Waals surface area contributed by atoms with E-state index < -0.39 is 0 Å². The van der Waals surface area contributed by atoms with Crippen LogP contribution in [-0.2, 0) is 11.2 Å². The molecule has 0 aliphatic carbocycles. The van der Waals surface area contributed by atoms with Crippen LogP contribution in [0.1, 0.15) is 31.7 Å². The largest absolute Gasteiger partial charge is 0.339 e. The number of carbonyl (C=O) groups is 1. The van der Waals surface area contributed by atoms with Gasteiger partial charge in [-0.2, -0.15) is 5.10 Å². The van der Waals surface area contributed by atoms with Crippen LogP contribution in [0.3, 0.4) is 0 Å². The maximum absolute atomic E-state index is 12.8. The molecule has 1 aliphatic rings. The highest BCUT2D eigenvalue weighted by Gasteiger charge is 2.24.